The zero-order valence-corrected chi connectivity index (χ0v) is 13.5. The monoisotopic (exact) mass is 321 g/mol. The molecule has 0 spiro atoms. The SMILES string of the molecule is CCCCC(=O)N1CSCC1C(=O)N1CC[C@@H](N)C1.Cl. The lowest BCUT2D eigenvalue weighted by atomic mass is 10.2. The minimum Gasteiger partial charge on any atom is -0.339 e. The highest BCUT2D eigenvalue weighted by Crippen LogP contribution is 2.25. The molecule has 2 atom stereocenters. The first kappa shape index (κ1) is 17.6. The third-order valence-electron chi connectivity index (χ3n) is 3.77. The van der Waals surface area contributed by atoms with E-state index in [9.17, 15) is 9.59 Å². The molecule has 116 valence electrons. The van der Waals surface area contributed by atoms with Crippen molar-refractivity contribution in [2.45, 2.75) is 44.7 Å². The first-order valence-electron chi connectivity index (χ1n) is 7.05. The number of rotatable bonds is 4. The molecule has 0 aromatic carbocycles. The average molecular weight is 322 g/mol. The first-order valence-corrected chi connectivity index (χ1v) is 8.20. The third kappa shape index (κ3) is 4.02. The summed E-state index contributed by atoms with van der Waals surface area (Å²) in [5.41, 5.74) is 5.84. The Morgan fingerprint density at radius 2 is 2.15 bits per heavy atom. The lowest BCUT2D eigenvalue weighted by molar-refractivity contribution is -0.142. The standard InChI is InChI=1S/C13H23N3O2S.ClH/c1-2-3-4-12(17)16-9-19-8-11(16)13(18)15-6-5-10(14)7-15;/h10-11H,2-9,14H2,1H3;1H/t10-,11?;/m1./s1. The second-order valence-corrected chi connectivity index (χ2v) is 6.32. The van der Waals surface area contributed by atoms with Gasteiger partial charge in [-0.3, -0.25) is 9.59 Å². The van der Waals surface area contributed by atoms with E-state index in [1.54, 1.807) is 16.7 Å². The summed E-state index contributed by atoms with van der Waals surface area (Å²) in [4.78, 5) is 28.1. The van der Waals surface area contributed by atoms with E-state index in [0.717, 1.165) is 31.6 Å². The number of hydrogen-bond donors (Lipinski definition) is 1. The topological polar surface area (TPSA) is 66.6 Å². The van der Waals surface area contributed by atoms with Crippen LogP contribution in [-0.4, -0.2) is 58.4 Å². The fraction of sp³-hybridized carbons (Fsp3) is 0.846. The van der Waals surface area contributed by atoms with E-state index in [4.69, 9.17) is 5.73 Å². The highest BCUT2D eigenvalue weighted by atomic mass is 35.5. The van der Waals surface area contributed by atoms with E-state index in [0.29, 0.717) is 18.8 Å². The molecule has 2 N–H and O–H groups in total. The van der Waals surface area contributed by atoms with Crippen molar-refractivity contribution >= 4 is 36.0 Å². The molecule has 20 heavy (non-hydrogen) atoms. The van der Waals surface area contributed by atoms with Crippen LogP contribution in [0.4, 0.5) is 0 Å². The minimum absolute atomic E-state index is 0. The highest BCUT2D eigenvalue weighted by molar-refractivity contribution is 7.99. The van der Waals surface area contributed by atoms with Crippen LogP contribution in [0.1, 0.15) is 32.6 Å². The number of carbonyl (C=O) groups is 2. The molecule has 0 radical (unpaired) electrons. The Bertz CT molecular complexity index is 357. The van der Waals surface area contributed by atoms with Crippen molar-refractivity contribution in [1.82, 2.24) is 9.80 Å². The molecule has 1 unspecified atom stereocenters. The molecular formula is C13H24ClN3O2S. The quantitative estimate of drug-likeness (QED) is 0.841. The molecule has 2 aliphatic heterocycles. The van der Waals surface area contributed by atoms with E-state index in [-0.39, 0.29) is 36.3 Å². The number of nitrogens with zero attached hydrogens (tertiary/aromatic N) is 2. The molecule has 2 amide bonds. The number of thioether (sulfide) groups is 1. The molecule has 2 heterocycles. The molecule has 0 aromatic heterocycles. The van der Waals surface area contributed by atoms with Gasteiger partial charge in [-0.15, -0.1) is 24.2 Å². The van der Waals surface area contributed by atoms with Gasteiger partial charge in [-0.25, -0.2) is 0 Å². The van der Waals surface area contributed by atoms with Gasteiger partial charge >= 0.3 is 0 Å². The Kier molecular flexibility index (Phi) is 7.12. The number of carbonyl (C=O) groups excluding carboxylic acids is 2. The van der Waals surface area contributed by atoms with Gasteiger partial charge in [0.1, 0.15) is 6.04 Å². The maximum atomic E-state index is 12.4. The Morgan fingerprint density at radius 3 is 2.75 bits per heavy atom. The van der Waals surface area contributed by atoms with Gasteiger partial charge in [0.25, 0.3) is 0 Å². The maximum absolute atomic E-state index is 12.4. The molecule has 2 rings (SSSR count). The van der Waals surface area contributed by atoms with E-state index in [2.05, 4.69) is 6.92 Å². The smallest absolute Gasteiger partial charge is 0.246 e. The Morgan fingerprint density at radius 1 is 1.40 bits per heavy atom. The van der Waals surface area contributed by atoms with Crippen molar-refractivity contribution in [1.29, 1.82) is 0 Å². The second-order valence-electron chi connectivity index (χ2n) is 5.32. The van der Waals surface area contributed by atoms with Crippen LogP contribution in [0.5, 0.6) is 0 Å². The van der Waals surface area contributed by atoms with E-state index < -0.39 is 0 Å². The Balaban J connectivity index is 0.00000200. The van der Waals surface area contributed by atoms with E-state index in [1.807, 2.05) is 4.90 Å². The normalized spacial score (nSPS) is 25.7. The molecule has 0 saturated carbocycles. The summed E-state index contributed by atoms with van der Waals surface area (Å²) >= 11 is 1.67. The van der Waals surface area contributed by atoms with Crippen molar-refractivity contribution in [3.05, 3.63) is 0 Å². The zero-order chi connectivity index (χ0) is 13.8. The molecule has 2 aliphatic rings. The molecule has 0 aromatic rings. The number of nitrogens with two attached hydrogens (primary N) is 1. The van der Waals surface area contributed by atoms with Crippen LogP contribution < -0.4 is 5.73 Å². The fourth-order valence-electron chi connectivity index (χ4n) is 2.56. The van der Waals surface area contributed by atoms with E-state index in [1.165, 1.54) is 0 Å². The summed E-state index contributed by atoms with van der Waals surface area (Å²) in [6.45, 7) is 3.44. The molecule has 2 saturated heterocycles. The van der Waals surface area contributed by atoms with Crippen LogP contribution in [-0.2, 0) is 9.59 Å². The highest BCUT2D eigenvalue weighted by Gasteiger charge is 2.38. The molecule has 0 bridgehead atoms. The van der Waals surface area contributed by atoms with Crippen LogP contribution in [0.2, 0.25) is 0 Å². The molecule has 0 aliphatic carbocycles. The minimum atomic E-state index is -0.264. The lowest BCUT2D eigenvalue weighted by Crippen LogP contribution is -2.48. The van der Waals surface area contributed by atoms with Gasteiger partial charge in [-0.2, -0.15) is 0 Å². The van der Waals surface area contributed by atoms with Crippen LogP contribution in [0.15, 0.2) is 0 Å². The first-order chi connectivity index (χ1) is 9.13. The van der Waals surface area contributed by atoms with Crippen molar-refractivity contribution in [2.75, 3.05) is 24.7 Å². The Labute approximate surface area is 131 Å². The van der Waals surface area contributed by atoms with E-state index >= 15 is 0 Å². The van der Waals surface area contributed by atoms with Crippen molar-refractivity contribution < 1.29 is 9.59 Å². The molecule has 7 heteroatoms. The van der Waals surface area contributed by atoms with Crippen LogP contribution >= 0.6 is 24.2 Å². The van der Waals surface area contributed by atoms with Gasteiger partial charge in [0.15, 0.2) is 0 Å². The van der Waals surface area contributed by atoms with Crippen molar-refractivity contribution in [3.8, 4) is 0 Å². The van der Waals surface area contributed by atoms with Crippen molar-refractivity contribution in [2.24, 2.45) is 5.73 Å². The van der Waals surface area contributed by atoms with Gasteiger partial charge in [-0.1, -0.05) is 13.3 Å². The van der Waals surface area contributed by atoms with Gasteiger partial charge in [0, 0.05) is 31.3 Å². The van der Waals surface area contributed by atoms with Crippen LogP contribution in [0.25, 0.3) is 0 Å². The number of halogens is 1. The molecular weight excluding hydrogens is 298 g/mol. The number of amides is 2. The summed E-state index contributed by atoms with van der Waals surface area (Å²) in [7, 11) is 0. The van der Waals surface area contributed by atoms with Gasteiger partial charge in [0.2, 0.25) is 11.8 Å². The second kappa shape index (κ2) is 8.10. The van der Waals surface area contributed by atoms with Gasteiger partial charge in [0.05, 0.1) is 5.88 Å². The van der Waals surface area contributed by atoms with Crippen LogP contribution in [0, 0.1) is 0 Å². The summed E-state index contributed by atoms with van der Waals surface area (Å²) in [5.74, 6) is 1.58. The van der Waals surface area contributed by atoms with Gasteiger partial charge in [-0.05, 0) is 12.8 Å². The number of likely N-dealkylation sites (tertiary alicyclic amines) is 1. The molecule has 2 fully saturated rings. The largest absolute Gasteiger partial charge is 0.339 e. The zero-order valence-electron chi connectivity index (χ0n) is 11.9. The third-order valence-corrected chi connectivity index (χ3v) is 4.78. The maximum Gasteiger partial charge on any atom is 0.246 e. The predicted molar refractivity (Wildman–Crippen MR) is 83.9 cm³/mol. The number of hydrogen-bond acceptors (Lipinski definition) is 4. The molecule has 5 nitrogen and oxygen atoms in total. The van der Waals surface area contributed by atoms with Gasteiger partial charge < -0.3 is 15.5 Å². The Hall–Kier alpha value is -0.460. The summed E-state index contributed by atoms with van der Waals surface area (Å²) in [6.07, 6.45) is 3.33. The van der Waals surface area contributed by atoms with Crippen molar-refractivity contribution in [3.63, 3.8) is 0 Å². The average Bonchev–Trinajstić information content (AvgIpc) is 3.03. The summed E-state index contributed by atoms with van der Waals surface area (Å²) < 4.78 is 0. The summed E-state index contributed by atoms with van der Waals surface area (Å²) in [5, 5.41) is 0. The fourth-order valence-corrected chi connectivity index (χ4v) is 3.73. The van der Waals surface area contributed by atoms with Crippen LogP contribution in [0.3, 0.4) is 0 Å². The number of unbranched alkanes of at least 4 members (excludes halogenated alkanes) is 1. The summed E-state index contributed by atoms with van der Waals surface area (Å²) in [6, 6.07) is -0.165. The lowest BCUT2D eigenvalue weighted by Gasteiger charge is -2.27. The predicted octanol–water partition coefficient (Wildman–Crippen LogP) is 1.06.